The Labute approximate surface area is 121 Å². The fourth-order valence-corrected chi connectivity index (χ4v) is 1.53. The van der Waals surface area contributed by atoms with E-state index >= 15 is 0 Å². The van der Waals surface area contributed by atoms with Crippen LogP contribution in [0.5, 0.6) is 0 Å². The van der Waals surface area contributed by atoms with Gasteiger partial charge in [-0.3, -0.25) is 19.6 Å². The molecule has 1 aromatic heterocycles. The maximum absolute atomic E-state index is 11.3. The third kappa shape index (κ3) is 6.79. The zero-order chi connectivity index (χ0) is 15.7. The second kappa shape index (κ2) is 9.00. The molecule has 1 unspecified atom stereocenters. The number of rotatable bonds is 10. The number of nitrogens with zero attached hydrogens (tertiary/aromatic N) is 3. The second-order valence-corrected chi connectivity index (χ2v) is 4.31. The molecule has 10 heteroatoms. The molecule has 21 heavy (non-hydrogen) atoms. The third-order valence-corrected chi connectivity index (χ3v) is 2.52. The quantitative estimate of drug-likeness (QED) is 0.272. The van der Waals surface area contributed by atoms with Gasteiger partial charge < -0.3 is 20.5 Å². The zero-order valence-corrected chi connectivity index (χ0v) is 11.7. The molecule has 0 fully saturated rings. The lowest BCUT2D eigenvalue weighted by molar-refractivity contribution is -0.385. The molecule has 1 heterocycles. The molecule has 1 rings (SSSR count). The highest BCUT2D eigenvalue weighted by atomic mass is 16.6. The molecule has 0 bridgehead atoms. The van der Waals surface area contributed by atoms with Crippen molar-refractivity contribution < 1.29 is 19.6 Å². The minimum absolute atomic E-state index is 0.0695. The van der Waals surface area contributed by atoms with Crippen LogP contribution in [0.15, 0.2) is 12.4 Å². The van der Waals surface area contributed by atoms with E-state index in [1.807, 2.05) is 0 Å². The smallest absolute Gasteiger partial charge is 0.306 e. The van der Waals surface area contributed by atoms with Crippen LogP contribution in [0.25, 0.3) is 0 Å². The van der Waals surface area contributed by atoms with Crippen molar-refractivity contribution in [2.75, 3.05) is 33.4 Å². The van der Waals surface area contributed by atoms with Gasteiger partial charge in [-0.15, -0.1) is 0 Å². The number of carbonyl (C=O) groups is 1. The summed E-state index contributed by atoms with van der Waals surface area (Å²) in [4.78, 5) is 21.3. The van der Waals surface area contributed by atoms with Gasteiger partial charge in [0.05, 0.1) is 30.7 Å². The fraction of sp³-hybridized carbons (Fsp3) is 0.636. The number of carbonyl (C=O) groups excluding carboxylic acids is 1. The van der Waals surface area contributed by atoms with Gasteiger partial charge in [0.15, 0.2) is 0 Å². The van der Waals surface area contributed by atoms with Crippen LogP contribution in [0, 0.1) is 10.1 Å². The van der Waals surface area contributed by atoms with Crippen LogP contribution in [-0.2, 0) is 16.1 Å². The van der Waals surface area contributed by atoms with Gasteiger partial charge in [0.25, 0.3) is 0 Å². The van der Waals surface area contributed by atoms with E-state index in [1.165, 1.54) is 10.9 Å². The van der Waals surface area contributed by atoms with Crippen LogP contribution in [-0.4, -0.2) is 65.2 Å². The lowest BCUT2D eigenvalue weighted by Gasteiger charge is -2.11. The molecule has 0 spiro atoms. The van der Waals surface area contributed by atoms with Crippen molar-refractivity contribution in [1.82, 2.24) is 20.4 Å². The minimum atomic E-state index is -0.809. The summed E-state index contributed by atoms with van der Waals surface area (Å²) in [6, 6.07) is 0. The van der Waals surface area contributed by atoms with Crippen molar-refractivity contribution in [1.29, 1.82) is 0 Å². The van der Waals surface area contributed by atoms with Gasteiger partial charge in [-0.25, -0.2) is 0 Å². The molecule has 1 aromatic rings. The molecule has 0 radical (unpaired) electrons. The number of ether oxygens (including phenoxy) is 1. The summed E-state index contributed by atoms with van der Waals surface area (Å²) < 4.78 is 6.07. The number of nitro groups is 1. The van der Waals surface area contributed by atoms with E-state index in [9.17, 15) is 20.0 Å². The molecule has 0 aliphatic rings. The summed E-state index contributed by atoms with van der Waals surface area (Å²) in [5, 5.41) is 29.4. The molecular weight excluding hydrogens is 282 g/mol. The van der Waals surface area contributed by atoms with Crippen LogP contribution >= 0.6 is 0 Å². The lowest BCUT2D eigenvalue weighted by Crippen LogP contribution is -2.39. The van der Waals surface area contributed by atoms with E-state index in [2.05, 4.69) is 15.7 Å². The van der Waals surface area contributed by atoms with Gasteiger partial charge >= 0.3 is 5.69 Å². The van der Waals surface area contributed by atoms with Crippen molar-refractivity contribution >= 4 is 11.6 Å². The van der Waals surface area contributed by atoms with Crippen molar-refractivity contribution in [3.8, 4) is 0 Å². The van der Waals surface area contributed by atoms with E-state index in [0.717, 1.165) is 6.20 Å². The average Bonchev–Trinajstić information content (AvgIpc) is 2.87. The zero-order valence-electron chi connectivity index (χ0n) is 11.7. The van der Waals surface area contributed by atoms with Crippen LogP contribution in [0.2, 0.25) is 0 Å². The monoisotopic (exact) mass is 301 g/mol. The molecular formula is C11H19N5O5. The van der Waals surface area contributed by atoms with Gasteiger partial charge in [-0.05, 0) is 0 Å². The molecule has 0 aliphatic carbocycles. The van der Waals surface area contributed by atoms with Crippen molar-refractivity contribution in [3.63, 3.8) is 0 Å². The Balaban J connectivity index is 2.19. The Bertz CT molecular complexity index is 464. The first-order valence-electron chi connectivity index (χ1n) is 6.34. The Morgan fingerprint density at radius 3 is 3.05 bits per heavy atom. The van der Waals surface area contributed by atoms with E-state index in [4.69, 9.17) is 4.74 Å². The number of aliphatic hydroxyl groups is 1. The van der Waals surface area contributed by atoms with Crippen LogP contribution in [0.3, 0.4) is 0 Å². The normalized spacial score (nSPS) is 12.1. The number of aliphatic hydroxyl groups excluding tert-OH is 1. The second-order valence-electron chi connectivity index (χ2n) is 4.31. The maximum Gasteiger partial charge on any atom is 0.306 e. The van der Waals surface area contributed by atoms with Crippen LogP contribution in [0.1, 0.15) is 0 Å². The highest BCUT2D eigenvalue weighted by Crippen LogP contribution is 2.07. The molecule has 3 N–H and O–H groups in total. The molecule has 0 saturated carbocycles. The van der Waals surface area contributed by atoms with Crippen molar-refractivity contribution in [2.45, 2.75) is 12.6 Å². The molecule has 0 saturated heterocycles. The van der Waals surface area contributed by atoms with Gasteiger partial charge in [0.2, 0.25) is 5.91 Å². The third-order valence-electron chi connectivity index (χ3n) is 2.52. The Morgan fingerprint density at radius 2 is 2.43 bits per heavy atom. The van der Waals surface area contributed by atoms with Gasteiger partial charge in [0.1, 0.15) is 12.4 Å². The highest BCUT2D eigenvalue weighted by Gasteiger charge is 2.12. The summed E-state index contributed by atoms with van der Waals surface area (Å²) in [6.07, 6.45) is 1.54. The van der Waals surface area contributed by atoms with E-state index in [1.54, 1.807) is 7.11 Å². The summed E-state index contributed by atoms with van der Waals surface area (Å²) in [5.41, 5.74) is -0.132. The van der Waals surface area contributed by atoms with Crippen molar-refractivity contribution in [2.24, 2.45) is 0 Å². The molecule has 1 atom stereocenters. The summed E-state index contributed by atoms with van der Waals surface area (Å²) >= 11 is 0. The first kappa shape index (κ1) is 17.0. The molecule has 118 valence electrons. The molecule has 1 amide bonds. The van der Waals surface area contributed by atoms with E-state index in [0.29, 0.717) is 13.2 Å². The number of aromatic nitrogens is 2. The number of methoxy groups -OCH3 is 1. The SMILES string of the molecule is COCCNC(=O)CNCC(O)Cn1cc([N+](=O)[O-])cn1. The Kier molecular flexibility index (Phi) is 7.29. The topological polar surface area (TPSA) is 132 Å². The Hall–Kier alpha value is -2.04. The largest absolute Gasteiger partial charge is 0.390 e. The predicted molar refractivity (Wildman–Crippen MR) is 72.6 cm³/mol. The fourth-order valence-electron chi connectivity index (χ4n) is 1.53. The summed E-state index contributed by atoms with van der Waals surface area (Å²) in [5.74, 6) is -0.200. The maximum atomic E-state index is 11.3. The van der Waals surface area contributed by atoms with Gasteiger partial charge in [-0.2, -0.15) is 5.10 Å². The summed E-state index contributed by atoms with van der Waals surface area (Å²) in [7, 11) is 1.54. The molecule has 10 nitrogen and oxygen atoms in total. The standard InChI is InChI=1S/C11H19N5O5/c1-21-3-2-13-11(18)6-12-5-10(17)8-15-7-9(4-14-15)16(19)20/h4,7,10,12,17H,2-3,5-6,8H2,1H3,(H,13,18). The Morgan fingerprint density at radius 1 is 1.67 bits per heavy atom. The number of hydrogen-bond acceptors (Lipinski definition) is 7. The highest BCUT2D eigenvalue weighted by molar-refractivity contribution is 5.77. The molecule has 0 aromatic carbocycles. The molecule has 0 aliphatic heterocycles. The number of amides is 1. The minimum Gasteiger partial charge on any atom is -0.390 e. The van der Waals surface area contributed by atoms with Crippen LogP contribution < -0.4 is 10.6 Å². The van der Waals surface area contributed by atoms with Gasteiger partial charge in [0, 0.05) is 20.2 Å². The first-order chi connectivity index (χ1) is 10.0. The van der Waals surface area contributed by atoms with E-state index < -0.39 is 11.0 Å². The first-order valence-corrected chi connectivity index (χ1v) is 6.34. The van der Waals surface area contributed by atoms with Crippen LogP contribution in [0.4, 0.5) is 5.69 Å². The predicted octanol–water partition coefficient (Wildman–Crippen LogP) is -1.50. The summed E-state index contributed by atoms with van der Waals surface area (Å²) in [6.45, 7) is 1.21. The number of hydrogen-bond donors (Lipinski definition) is 3. The number of nitrogens with one attached hydrogen (secondary N) is 2. The average molecular weight is 301 g/mol. The van der Waals surface area contributed by atoms with Gasteiger partial charge in [-0.1, -0.05) is 0 Å². The van der Waals surface area contributed by atoms with E-state index in [-0.39, 0.29) is 31.2 Å². The van der Waals surface area contributed by atoms with Crippen molar-refractivity contribution in [3.05, 3.63) is 22.5 Å². The lowest BCUT2D eigenvalue weighted by atomic mass is 10.3.